The largest absolute Gasteiger partial charge is 0.508 e. The molecule has 0 aromatic heterocycles. The molecule has 0 radical (unpaired) electrons. The van der Waals surface area contributed by atoms with Crippen molar-refractivity contribution in [2.24, 2.45) is 5.41 Å². The second-order valence-electron chi connectivity index (χ2n) is 5.32. The van der Waals surface area contributed by atoms with Crippen LogP contribution in [0.4, 0.5) is 4.79 Å². The zero-order chi connectivity index (χ0) is 16.3. The molecule has 0 aromatic carbocycles. The lowest BCUT2D eigenvalue weighted by atomic mass is 9.78. The molecule has 0 rings (SSSR count). The van der Waals surface area contributed by atoms with Crippen LogP contribution in [0.25, 0.3) is 0 Å². The van der Waals surface area contributed by atoms with Gasteiger partial charge in [-0.3, -0.25) is 4.79 Å². The van der Waals surface area contributed by atoms with Crippen molar-refractivity contribution in [3.63, 3.8) is 0 Å². The van der Waals surface area contributed by atoms with Crippen LogP contribution in [-0.2, 0) is 19.0 Å². The molecule has 0 saturated heterocycles. The average molecular weight is 302 g/mol. The van der Waals surface area contributed by atoms with E-state index in [2.05, 4.69) is 6.92 Å². The summed E-state index contributed by atoms with van der Waals surface area (Å²) < 4.78 is 15.5. The SMILES string of the molecule is CCCCC(OC(=O)OCC)C(C)(CCC)C(=O)OCC. The van der Waals surface area contributed by atoms with E-state index < -0.39 is 17.7 Å². The van der Waals surface area contributed by atoms with Gasteiger partial charge < -0.3 is 14.2 Å². The van der Waals surface area contributed by atoms with Crippen LogP contribution < -0.4 is 0 Å². The molecule has 5 heteroatoms. The summed E-state index contributed by atoms with van der Waals surface area (Å²) in [6.07, 6.45) is 2.66. The third kappa shape index (κ3) is 6.36. The lowest BCUT2D eigenvalue weighted by molar-refractivity contribution is -0.163. The Morgan fingerprint density at radius 1 is 1.00 bits per heavy atom. The van der Waals surface area contributed by atoms with Gasteiger partial charge in [0.25, 0.3) is 0 Å². The number of ether oxygens (including phenoxy) is 3. The second-order valence-corrected chi connectivity index (χ2v) is 5.32. The zero-order valence-electron chi connectivity index (χ0n) is 14.1. The van der Waals surface area contributed by atoms with Crippen molar-refractivity contribution in [3.8, 4) is 0 Å². The number of carbonyl (C=O) groups is 2. The standard InChI is InChI=1S/C16H30O5/c1-6-10-11-13(21-15(18)20-9-4)16(5,12-7-2)14(17)19-8-3/h13H,6-12H2,1-5H3. The van der Waals surface area contributed by atoms with Crippen LogP contribution in [0.1, 0.15) is 66.7 Å². The van der Waals surface area contributed by atoms with Crippen molar-refractivity contribution in [1.82, 2.24) is 0 Å². The van der Waals surface area contributed by atoms with E-state index in [1.165, 1.54) is 0 Å². The number of hydrogen-bond donors (Lipinski definition) is 0. The monoisotopic (exact) mass is 302 g/mol. The maximum absolute atomic E-state index is 12.3. The smallest absolute Gasteiger partial charge is 0.465 e. The van der Waals surface area contributed by atoms with E-state index in [4.69, 9.17) is 14.2 Å². The zero-order valence-corrected chi connectivity index (χ0v) is 14.1. The second kappa shape index (κ2) is 10.5. The Morgan fingerprint density at radius 3 is 2.10 bits per heavy atom. The molecule has 5 nitrogen and oxygen atoms in total. The predicted octanol–water partition coefficient (Wildman–Crippen LogP) is 4.09. The fraction of sp³-hybridized carbons (Fsp3) is 0.875. The molecule has 0 aliphatic heterocycles. The number of carbonyl (C=O) groups excluding carboxylic acids is 2. The Bertz CT molecular complexity index is 316. The van der Waals surface area contributed by atoms with Crippen LogP contribution in [0.2, 0.25) is 0 Å². The van der Waals surface area contributed by atoms with E-state index in [1.54, 1.807) is 13.8 Å². The highest BCUT2D eigenvalue weighted by molar-refractivity contribution is 5.77. The summed E-state index contributed by atoms with van der Waals surface area (Å²) in [4.78, 5) is 24.0. The van der Waals surface area contributed by atoms with Crippen LogP contribution in [0.15, 0.2) is 0 Å². The molecular formula is C16H30O5. The first-order valence-electron chi connectivity index (χ1n) is 7.96. The van der Waals surface area contributed by atoms with E-state index in [9.17, 15) is 9.59 Å². The molecule has 0 amide bonds. The highest BCUT2D eigenvalue weighted by atomic mass is 16.7. The maximum atomic E-state index is 12.3. The van der Waals surface area contributed by atoms with Gasteiger partial charge in [-0.15, -0.1) is 0 Å². The van der Waals surface area contributed by atoms with Gasteiger partial charge in [-0.25, -0.2) is 4.79 Å². The van der Waals surface area contributed by atoms with Crippen molar-refractivity contribution < 1.29 is 23.8 Å². The quantitative estimate of drug-likeness (QED) is 0.569. The minimum Gasteiger partial charge on any atom is -0.465 e. The molecule has 0 bridgehead atoms. The van der Waals surface area contributed by atoms with Gasteiger partial charge in [0.05, 0.1) is 13.2 Å². The van der Waals surface area contributed by atoms with E-state index >= 15 is 0 Å². The molecule has 21 heavy (non-hydrogen) atoms. The maximum Gasteiger partial charge on any atom is 0.508 e. The Balaban J connectivity index is 5.15. The van der Waals surface area contributed by atoms with Crippen molar-refractivity contribution in [2.75, 3.05) is 13.2 Å². The van der Waals surface area contributed by atoms with Crippen LogP contribution >= 0.6 is 0 Å². The van der Waals surface area contributed by atoms with Crippen molar-refractivity contribution in [2.45, 2.75) is 72.8 Å². The van der Waals surface area contributed by atoms with E-state index in [-0.39, 0.29) is 12.6 Å². The third-order valence-electron chi connectivity index (χ3n) is 3.54. The third-order valence-corrected chi connectivity index (χ3v) is 3.54. The normalized spacial score (nSPS) is 14.9. The Morgan fingerprint density at radius 2 is 1.62 bits per heavy atom. The highest BCUT2D eigenvalue weighted by Gasteiger charge is 2.44. The van der Waals surface area contributed by atoms with Crippen molar-refractivity contribution in [3.05, 3.63) is 0 Å². The molecule has 0 fully saturated rings. The fourth-order valence-electron chi connectivity index (χ4n) is 2.37. The Kier molecular flexibility index (Phi) is 9.84. The topological polar surface area (TPSA) is 61.8 Å². The molecule has 0 spiro atoms. The molecule has 0 aliphatic rings. The lowest BCUT2D eigenvalue weighted by Gasteiger charge is -2.34. The van der Waals surface area contributed by atoms with Crippen LogP contribution in [0, 0.1) is 5.41 Å². The van der Waals surface area contributed by atoms with Gasteiger partial charge in [-0.05, 0) is 33.6 Å². The summed E-state index contributed by atoms with van der Waals surface area (Å²) in [5.74, 6) is -0.308. The summed E-state index contributed by atoms with van der Waals surface area (Å²) in [5, 5.41) is 0. The molecule has 0 aromatic rings. The molecule has 0 saturated carbocycles. The first kappa shape index (κ1) is 19.7. The van der Waals surface area contributed by atoms with E-state index in [1.807, 2.05) is 13.8 Å². The molecule has 2 atom stereocenters. The number of esters is 1. The van der Waals surface area contributed by atoms with Gasteiger partial charge >= 0.3 is 12.1 Å². The van der Waals surface area contributed by atoms with Crippen LogP contribution in [0.5, 0.6) is 0 Å². The molecule has 0 heterocycles. The number of rotatable bonds is 10. The lowest BCUT2D eigenvalue weighted by Crippen LogP contribution is -2.44. The summed E-state index contributed by atoms with van der Waals surface area (Å²) in [6.45, 7) is 9.94. The molecule has 0 N–H and O–H groups in total. The highest BCUT2D eigenvalue weighted by Crippen LogP contribution is 2.34. The molecular weight excluding hydrogens is 272 g/mol. The average Bonchev–Trinajstić information content (AvgIpc) is 2.44. The molecule has 0 aliphatic carbocycles. The van der Waals surface area contributed by atoms with Gasteiger partial charge in [0.15, 0.2) is 0 Å². The minimum atomic E-state index is -0.827. The summed E-state index contributed by atoms with van der Waals surface area (Å²) in [5.41, 5.74) is -0.827. The first-order valence-corrected chi connectivity index (χ1v) is 7.96. The van der Waals surface area contributed by atoms with Crippen molar-refractivity contribution >= 4 is 12.1 Å². The van der Waals surface area contributed by atoms with E-state index in [0.29, 0.717) is 19.4 Å². The van der Waals surface area contributed by atoms with Gasteiger partial charge in [0.2, 0.25) is 0 Å². The Labute approximate surface area is 128 Å². The molecule has 124 valence electrons. The predicted molar refractivity (Wildman–Crippen MR) is 81.1 cm³/mol. The summed E-state index contributed by atoms with van der Waals surface area (Å²) in [7, 11) is 0. The number of unbranched alkanes of at least 4 members (excludes halogenated alkanes) is 1. The fourth-order valence-corrected chi connectivity index (χ4v) is 2.37. The Hall–Kier alpha value is -1.26. The minimum absolute atomic E-state index is 0.253. The van der Waals surface area contributed by atoms with E-state index in [0.717, 1.165) is 19.3 Å². The summed E-state index contributed by atoms with van der Waals surface area (Å²) >= 11 is 0. The number of hydrogen-bond acceptors (Lipinski definition) is 5. The first-order chi connectivity index (χ1) is 9.96. The summed E-state index contributed by atoms with van der Waals surface area (Å²) in [6, 6.07) is 0. The van der Waals surface area contributed by atoms with Gasteiger partial charge in [0.1, 0.15) is 11.5 Å². The van der Waals surface area contributed by atoms with Gasteiger partial charge in [-0.2, -0.15) is 0 Å². The molecule has 2 unspecified atom stereocenters. The van der Waals surface area contributed by atoms with Gasteiger partial charge in [-0.1, -0.05) is 33.1 Å². The van der Waals surface area contributed by atoms with Crippen molar-refractivity contribution in [1.29, 1.82) is 0 Å². The van der Waals surface area contributed by atoms with Crippen LogP contribution in [0.3, 0.4) is 0 Å². The van der Waals surface area contributed by atoms with Crippen LogP contribution in [-0.4, -0.2) is 31.4 Å². The van der Waals surface area contributed by atoms with Gasteiger partial charge in [0, 0.05) is 0 Å².